The summed E-state index contributed by atoms with van der Waals surface area (Å²) in [6, 6.07) is -0.691. The summed E-state index contributed by atoms with van der Waals surface area (Å²) in [7, 11) is 0. The highest BCUT2D eigenvalue weighted by Crippen LogP contribution is 2.19. The minimum atomic E-state index is -0.778. The number of carbonyl (C=O) groups is 2. The predicted octanol–water partition coefficient (Wildman–Crippen LogP) is 15.2. The lowest BCUT2D eigenvalue weighted by Crippen LogP contribution is -2.46. The lowest BCUT2D eigenvalue weighted by molar-refractivity contribution is -0.151. The van der Waals surface area contributed by atoms with E-state index in [1.165, 1.54) is 205 Å². The van der Waals surface area contributed by atoms with Crippen LogP contribution in [0.3, 0.4) is 0 Å². The van der Waals surface area contributed by atoms with Gasteiger partial charge in [-0.05, 0) is 25.7 Å². The van der Waals surface area contributed by atoms with Crippen molar-refractivity contribution < 1.29 is 24.5 Å². The van der Waals surface area contributed by atoms with Crippen molar-refractivity contribution in [2.45, 2.75) is 309 Å². The van der Waals surface area contributed by atoms with E-state index >= 15 is 0 Å². The number of amides is 1. The molecule has 0 bridgehead atoms. The van der Waals surface area contributed by atoms with Gasteiger partial charge in [0.05, 0.1) is 25.2 Å². The van der Waals surface area contributed by atoms with E-state index in [1.54, 1.807) is 0 Å². The maximum Gasteiger partial charge on any atom is 0.306 e. The highest BCUT2D eigenvalue weighted by atomic mass is 16.5. The zero-order valence-corrected chi connectivity index (χ0v) is 38.8. The van der Waals surface area contributed by atoms with Gasteiger partial charge in [-0.1, -0.05) is 252 Å². The second kappa shape index (κ2) is 45.9. The molecule has 0 aromatic rings. The van der Waals surface area contributed by atoms with E-state index in [1.807, 2.05) is 0 Å². The Balaban J connectivity index is 4.48. The first-order valence-electron chi connectivity index (χ1n) is 25.8. The summed E-state index contributed by atoms with van der Waals surface area (Å²) < 4.78 is 5.93. The fourth-order valence-electron chi connectivity index (χ4n) is 8.26. The third kappa shape index (κ3) is 41.4. The maximum absolute atomic E-state index is 13.2. The molecule has 0 saturated carbocycles. The Morgan fingerprint density at radius 1 is 0.439 bits per heavy atom. The van der Waals surface area contributed by atoms with Gasteiger partial charge in [0.1, 0.15) is 6.10 Å². The monoisotopic (exact) mass is 808 g/mol. The summed E-state index contributed by atoms with van der Waals surface area (Å²) in [6.45, 7) is 6.50. The SMILES string of the molecule is CCCCCCCCCCCCCCCCC(=O)OC(CCCCCCCCCCCCC)CC(=O)NC(CO)C(O)CCCCCCCCCCCCCCC. The van der Waals surface area contributed by atoms with E-state index < -0.39 is 18.2 Å². The van der Waals surface area contributed by atoms with Crippen molar-refractivity contribution in [1.82, 2.24) is 5.32 Å². The summed E-state index contributed by atoms with van der Waals surface area (Å²) in [5.74, 6) is -0.452. The van der Waals surface area contributed by atoms with E-state index in [-0.39, 0.29) is 24.9 Å². The fraction of sp³-hybridized carbons (Fsp3) is 0.961. The molecule has 1 amide bonds. The van der Waals surface area contributed by atoms with Gasteiger partial charge >= 0.3 is 5.97 Å². The molecule has 0 aromatic heterocycles. The number of esters is 1. The molecule has 6 nitrogen and oxygen atoms in total. The lowest BCUT2D eigenvalue weighted by Gasteiger charge is -2.24. The molecule has 6 heteroatoms. The van der Waals surface area contributed by atoms with Crippen molar-refractivity contribution >= 4 is 11.9 Å². The second-order valence-corrected chi connectivity index (χ2v) is 17.9. The molecule has 0 aromatic carbocycles. The molecule has 0 rings (SSSR count). The van der Waals surface area contributed by atoms with Crippen molar-refractivity contribution in [3.05, 3.63) is 0 Å². The van der Waals surface area contributed by atoms with Crippen LogP contribution in [0.15, 0.2) is 0 Å². The molecule has 3 N–H and O–H groups in total. The Morgan fingerprint density at radius 3 is 1.07 bits per heavy atom. The minimum absolute atomic E-state index is 0.0875. The first-order chi connectivity index (χ1) is 28.0. The fourth-order valence-corrected chi connectivity index (χ4v) is 8.26. The largest absolute Gasteiger partial charge is 0.462 e. The van der Waals surface area contributed by atoms with Gasteiger partial charge in [0, 0.05) is 6.42 Å². The van der Waals surface area contributed by atoms with Gasteiger partial charge in [0.25, 0.3) is 0 Å². The van der Waals surface area contributed by atoms with Crippen LogP contribution >= 0.6 is 0 Å². The summed E-state index contributed by atoms with van der Waals surface area (Å²) in [5, 5.41) is 23.7. The summed E-state index contributed by atoms with van der Waals surface area (Å²) in [5.41, 5.74) is 0. The number of carbonyl (C=O) groups excluding carboxylic acids is 2. The van der Waals surface area contributed by atoms with Gasteiger partial charge in [0.2, 0.25) is 5.91 Å². The van der Waals surface area contributed by atoms with E-state index in [2.05, 4.69) is 26.1 Å². The quantitative estimate of drug-likeness (QED) is 0.0420. The normalized spacial score (nSPS) is 13.1. The number of aliphatic hydroxyl groups is 2. The van der Waals surface area contributed by atoms with Crippen LogP contribution in [-0.2, 0) is 14.3 Å². The maximum atomic E-state index is 13.2. The Morgan fingerprint density at radius 2 is 0.737 bits per heavy atom. The van der Waals surface area contributed by atoms with Gasteiger partial charge in [-0.25, -0.2) is 0 Å². The first-order valence-corrected chi connectivity index (χ1v) is 25.8. The van der Waals surface area contributed by atoms with Crippen LogP contribution in [0.4, 0.5) is 0 Å². The molecule has 57 heavy (non-hydrogen) atoms. The molecule has 0 aliphatic rings. The second-order valence-electron chi connectivity index (χ2n) is 17.9. The van der Waals surface area contributed by atoms with E-state index in [0.717, 1.165) is 38.5 Å². The third-order valence-electron chi connectivity index (χ3n) is 12.2. The van der Waals surface area contributed by atoms with Gasteiger partial charge in [-0.3, -0.25) is 9.59 Å². The van der Waals surface area contributed by atoms with E-state index in [4.69, 9.17) is 4.74 Å². The number of nitrogens with one attached hydrogen (secondary N) is 1. The molecule has 0 aliphatic carbocycles. The zero-order valence-electron chi connectivity index (χ0n) is 38.8. The van der Waals surface area contributed by atoms with Crippen LogP contribution in [0.1, 0.15) is 290 Å². The van der Waals surface area contributed by atoms with E-state index in [9.17, 15) is 19.8 Å². The molecular formula is C51H101NO5. The Hall–Kier alpha value is -1.14. The molecule has 0 fully saturated rings. The van der Waals surface area contributed by atoms with Crippen molar-refractivity contribution in [2.75, 3.05) is 6.61 Å². The molecule has 3 unspecified atom stereocenters. The van der Waals surface area contributed by atoms with Crippen LogP contribution < -0.4 is 5.32 Å². The molecule has 0 heterocycles. The van der Waals surface area contributed by atoms with Gasteiger partial charge in [-0.2, -0.15) is 0 Å². The van der Waals surface area contributed by atoms with Crippen LogP contribution in [-0.4, -0.2) is 46.9 Å². The lowest BCUT2D eigenvalue weighted by atomic mass is 10.0. The van der Waals surface area contributed by atoms with Crippen molar-refractivity contribution in [3.63, 3.8) is 0 Å². The number of hydrogen-bond acceptors (Lipinski definition) is 5. The number of rotatable bonds is 47. The topological polar surface area (TPSA) is 95.9 Å². The highest BCUT2D eigenvalue weighted by molar-refractivity contribution is 5.77. The Bertz CT molecular complexity index is 821. The van der Waals surface area contributed by atoms with Gasteiger partial charge in [0.15, 0.2) is 0 Å². The van der Waals surface area contributed by atoms with Crippen molar-refractivity contribution in [3.8, 4) is 0 Å². The zero-order chi connectivity index (χ0) is 41.7. The standard InChI is InChI=1S/C51H101NO5/c1-4-7-10-13-16-19-22-24-26-29-32-35-38-41-44-51(56)57-47(42-39-36-33-30-27-21-18-15-12-9-6-3)45-50(55)52-48(46-53)49(54)43-40-37-34-31-28-25-23-20-17-14-11-8-5-2/h47-49,53-54H,4-46H2,1-3H3,(H,52,55). The van der Waals surface area contributed by atoms with Crippen LogP contribution in [0.5, 0.6) is 0 Å². The summed E-state index contributed by atoms with van der Waals surface area (Å²) in [6.07, 6.45) is 48.7. The molecule has 0 saturated heterocycles. The molecular weight excluding hydrogens is 707 g/mol. The summed E-state index contributed by atoms with van der Waals surface area (Å²) >= 11 is 0. The van der Waals surface area contributed by atoms with Crippen molar-refractivity contribution in [1.29, 1.82) is 0 Å². The molecule has 0 radical (unpaired) electrons. The minimum Gasteiger partial charge on any atom is -0.462 e. The van der Waals surface area contributed by atoms with E-state index in [0.29, 0.717) is 19.3 Å². The van der Waals surface area contributed by atoms with Crippen LogP contribution in [0.2, 0.25) is 0 Å². The van der Waals surface area contributed by atoms with Crippen LogP contribution in [0.25, 0.3) is 0 Å². The van der Waals surface area contributed by atoms with Crippen LogP contribution in [0, 0.1) is 0 Å². The number of hydrogen-bond donors (Lipinski definition) is 3. The third-order valence-corrected chi connectivity index (χ3v) is 12.2. The number of aliphatic hydroxyl groups excluding tert-OH is 2. The summed E-state index contributed by atoms with van der Waals surface area (Å²) in [4.78, 5) is 26.1. The average molecular weight is 808 g/mol. The molecule has 0 spiro atoms. The van der Waals surface area contributed by atoms with Gasteiger partial charge < -0.3 is 20.3 Å². The smallest absolute Gasteiger partial charge is 0.306 e. The molecule has 3 atom stereocenters. The highest BCUT2D eigenvalue weighted by Gasteiger charge is 2.24. The first kappa shape index (κ1) is 55.9. The average Bonchev–Trinajstić information content (AvgIpc) is 3.20. The van der Waals surface area contributed by atoms with Gasteiger partial charge in [-0.15, -0.1) is 0 Å². The predicted molar refractivity (Wildman–Crippen MR) is 246 cm³/mol. The molecule has 0 aliphatic heterocycles. The Labute approximate surface area is 356 Å². The van der Waals surface area contributed by atoms with Crippen molar-refractivity contribution in [2.24, 2.45) is 0 Å². The Kier molecular flexibility index (Phi) is 45.0. The molecule has 340 valence electrons. The number of unbranched alkanes of at least 4 members (excludes halogenated alkanes) is 35. The number of ether oxygens (including phenoxy) is 1.